The van der Waals surface area contributed by atoms with Crippen molar-refractivity contribution in [3.63, 3.8) is 0 Å². The Morgan fingerprint density at radius 1 is 1.20 bits per heavy atom. The molecule has 0 unspecified atom stereocenters. The van der Waals surface area contributed by atoms with E-state index in [0.29, 0.717) is 4.90 Å². The van der Waals surface area contributed by atoms with Crippen LogP contribution in [0, 0.1) is 0 Å². The van der Waals surface area contributed by atoms with Crippen LogP contribution in [0.3, 0.4) is 0 Å². The van der Waals surface area contributed by atoms with E-state index in [1.807, 2.05) is 0 Å². The Kier molecular flexibility index (Phi) is 3.42. The molecule has 0 bridgehead atoms. The molecule has 0 fully saturated rings. The van der Waals surface area contributed by atoms with Crippen LogP contribution in [0.2, 0.25) is 0 Å². The van der Waals surface area contributed by atoms with Gasteiger partial charge in [-0.1, -0.05) is 0 Å². The highest BCUT2D eigenvalue weighted by molar-refractivity contribution is 5.67. The summed E-state index contributed by atoms with van der Waals surface area (Å²) >= 11 is 0. The standard InChI is InChI=1S/C5H9NO4/c1-6(2-4(7)8)3-5(9)10/h2-3H2,1H3,(H,7,8)(H,9,10)/p-1. The Bertz CT molecular complexity index is 129. The van der Waals surface area contributed by atoms with Crippen LogP contribution in [-0.4, -0.2) is 32.1 Å². The van der Waals surface area contributed by atoms with E-state index < -0.39 is 11.9 Å². The summed E-state index contributed by atoms with van der Waals surface area (Å²) in [6, 6.07) is 0. The Labute approximate surface area is 57.9 Å². The van der Waals surface area contributed by atoms with Crippen LogP contribution in [0.4, 0.5) is 0 Å². The molecule has 0 radical (unpaired) electrons. The Morgan fingerprint density at radius 3 is 1.70 bits per heavy atom. The summed E-state index contributed by atoms with van der Waals surface area (Å²) in [7, 11) is 1.44. The average molecular weight is 146 g/mol. The van der Waals surface area contributed by atoms with Gasteiger partial charge in [0, 0.05) is 0 Å². The summed E-state index contributed by atoms with van der Waals surface area (Å²) in [5, 5.41) is 19.7. The first kappa shape index (κ1) is 8.90. The van der Waals surface area contributed by atoms with Gasteiger partial charge in [-0.05, 0) is 0 Å². The highest BCUT2D eigenvalue weighted by Crippen LogP contribution is 1.46. The van der Waals surface area contributed by atoms with Gasteiger partial charge in [0.1, 0.15) is 13.1 Å². The van der Waals surface area contributed by atoms with Crippen molar-refractivity contribution >= 4 is 11.9 Å². The molecule has 0 aliphatic rings. The van der Waals surface area contributed by atoms with E-state index in [1.165, 1.54) is 7.05 Å². The first-order valence-electron chi connectivity index (χ1n) is 2.73. The quantitative estimate of drug-likeness (QED) is 0.430. The summed E-state index contributed by atoms with van der Waals surface area (Å²) < 4.78 is 0. The van der Waals surface area contributed by atoms with Gasteiger partial charge in [0.25, 0.3) is 0 Å². The molecule has 0 aromatic heterocycles. The molecule has 0 aromatic carbocycles. The SMILES string of the molecule is C[NH+](CC(=O)[O-])CC(=O)[O-]. The normalized spacial score (nSPS) is 9.80. The van der Waals surface area contributed by atoms with Gasteiger partial charge >= 0.3 is 0 Å². The second-order valence-corrected chi connectivity index (χ2v) is 2.05. The number of quaternary nitrogens is 1. The first-order chi connectivity index (χ1) is 4.52. The Balaban J connectivity index is 3.53. The molecule has 0 aromatic rings. The summed E-state index contributed by atoms with van der Waals surface area (Å²) in [5.41, 5.74) is 0. The zero-order valence-corrected chi connectivity index (χ0v) is 5.55. The molecule has 0 saturated carbocycles. The lowest BCUT2D eigenvalue weighted by Crippen LogP contribution is -3.11. The molecule has 0 heterocycles. The molecule has 0 saturated heterocycles. The number of likely N-dealkylation sites (N-methyl/N-ethyl adjacent to an activating group) is 1. The fraction of sp³-hybridized carbons (Fsp3) is 0.600. The van der Waals surface area contributed by atoms with E-state index in [4.69, 9.17) is 0 Å². The molecule has 5 nitrogen and oxygen atoms in total. The Morgan fingerprint density at radius 2 is 1.50 bits per heavy atom. The molecule has 0 spiro atoms. The molecule has 0 aliphatic heterocycles. The Hall–Kier alpha value is -1.10. The molecule has 0 rings (SSSR count). The largest absolute Gasteiger partial charge is 0.544 e. The molecule has 0 aliphatic carbocycles. The van der Waals surface area contributed by atoms with E-state index in [-0.39, 0.29) is 13.1 Å². The first-order valence-corrected chi connectivity index (χ1v) is 2.73. The lowest BCUT2D eigenvalue weighted by molar-refractivity contribution is -0.867. The number of carbonyl (C=O) groups is 2. The zero-order valence-electron chi connectivity index (χ0n) is 5.55. The van der Waals surface area contributed by atoms with Crippen LogP contribution in [0.15, 0.2) is 0 Å². The molecule has 0 amide bonds. The van der Waals surface area contributed by atoms with Gasteiger partial charge in [-0.25, -0.2) is 0 Å². The molecular weight excluding hydrogens is 138 g/mol. The van der Waals surface area contributed by atoms with Crippen LogP contribution in [0.25, 0.3) is 0 Å². The number of carbonyl (C=O) groups excluding carboxylic acids is 2. The molecule has 10 heavy (non-hydrogen) atoms. The second kappa shape index (κ2) is 3.84. The fourth-order valence-electron chi connectivity index (χ4n) is 0.555. The number of carboxylic acids is 2. The molecular formula is C5H8NO4-. The van der Waals surface area contributed by atoms with Crippen LogP contribution in [0.1, 0.15) is 0 Å². The van der Waals surface area contributed by atoms with Crippen LogP contribution < -0.4 is 15.1 Å². The van der Waals surface area contributed by atoms with Crippen molar-refractivity contribution in [3.05, 3.63) is 0 Å². The van der Waals surface area contributed by atoms with Gasteiger partial charge < -0.3 is 24.7 Å². The van der Waals surface area contributed by atoms with Gasteiger partial charge in [0.05, 0.1) is 19.0 Å². The smallest absolute Gasteiger partial charge is 0.117 e. The van der Waals surface area contributed by atoms with Gasteiger partial charge in [-0.3, -0.25) is 0 Å². The van der Waals surface area contributed by atoms with Crippen molar-refractivity contribution < 1.29 is 24.7 Å². The van der Waals surface area contributed by atoms with Gasteiger partial charge in [0.15, 0.2) is 0 Å². The van der Waals surface area contributed by atoms with Crippen LogP contribution in [-0.2, 0) is 9.59 Å². The van der Waals surface area contributed by atoms with Crippen molar-refractivity contribution in [2.24, 2.45) is 0 Å². The monoisotopic (exact) mass is 146 g/mol. The van der Waals surface area contributed by atoms with E-state index in [2.05, 4.69) is 0 Å². The lowest BCUT2D eigenvalue weighted by atomic mass is 10.5. The van der Waals surface area contributed by atoms with E-state index >= 15 is 0 Å². The van der Waals surface area contributed by atoms with Crippen LogP contribution in [0.5, 0.6) is 0 Å². The van der Waals surface area contributed by atoms with Gasteiger partial charge in [0.2, 0.25) is 0 Å². The summed E-state index contributed by atoms with van der Waals surface area (Å²) in [5.74, 6) is -2.53. The minimum absolute atomic E-state index is 0.312. The maximum Gasteiger partial charge on any atom is 0.117 e. The zero-order chi connectivity index (χ0) is 8.15. The van der Waals surface area contributed by atoms with E-state index in [0.717, 1.165) is 0 Å². The predicted octanol–water partition coefficient (Wildman–Crippen LogP) is -5.00. The lowest BCUT2D eigenvalue weighted by Gasteiger charge is -2.13. The second-order valence-electron chi connectivity index (χ2n) is 2.05. The third-order valence-corrected chi connectivity index (χ3v) is 0.892. The highest BCUT2D eigenvalue weighted by Gasteiger charge is 2.00. The maximum atomic E-state index is 9.85. The topological polar surface area (TPSA) is 84.7 Å². The molecule has 58 valence electrons. The predicted molar refractivity (Wildman–Crippen MR) is 26.6 cm³/mol. The van der Waals surface area contributed by atoms with Crippen LogP contribution >= 0.6 is 0 Å². The molecule has 1 N–H and O–H groups in total. The number of aliphatic carboxylic acids is 2. The molecule has 5 heteroatoms. The van der Waals surface area contributed by atoms with Crippen molar-refractivity contribution in [2.45, 2.75) is 0 Å². The summed E-state index contributed by atoms with van der Waals surface area (Å²) in [4.78, 5) is 20.0. The number of hydrogen-bond donors (Lipinski definition) is 1. The van der Waals surface area contributed by atoms with Gasteiger partial charge in [-0.2, -0.15) is 0 Å². The minimum Gasteiger partial charge on any atom is -0.544 e. The average Bonchev–Trinajstić information content (AvgIpc) is 1.58. The highest BCUT2D eigenvalue weighted by atomic mass is 16.4. The van der Waals surface area contributed by atoms with Gasteiger partial charge in [-0.15, -0.1) is 0 Å². The third-order valence-electron chi connectivity index (χ3n) is 0.892. The van der Waals surface area contributed by atoms with Crippen molar-refractivity contribution in [1.82, 2.24) is 0 Å². The summed E-state index contributed by atoms with van der Waals surface area (Å²) in [6.45, 7) is -0.623. The fourth-order valence-corrected chi connectivity index (χ4v) is 0.555. The minimum atomic E-state index is -1.27. The van der Waals surface area contributed by atoms with Crippen molar-refractivity contribution in [3.8, 4) is 0 Å². The van der Waals surface area contributed by atoms with Crippen molar-refractivity contribution in [2.75, 3.05) is 20.1 Å². The molecule has 0 atom stereocenters. The number of carboxylic acid groups (broad SMARTS) is 2. The third kappa shape index (κ3) is 5.04. The maximum absolute atomic E-state index is 9.85. The van der Waals surface area contributed by atoms with E-state index in [9.17, 15) is 19.8 Å². The van der Waals surface area contributed by atoms with Crippen molar-refractivity contribution in [1.29, 1.82) is 0 Å². The number of nitrogens with one attached hydrogen (secondary N) is 1. The summed E-state index contributed by atoms with van der Waals surface area (Å²) in [6.07, 6.45) is 0. The number of hydrogen-bond acceptors (Lipinski definition) is 4. The van der Waals surface area contributed by atoms with E-state index in [1.54, 1.807) is 0 Å². The number of rotatable bonds is 4.